The number of rotatable bonds is 6. The zero-order valence-corrected chi connectivity index (χ0v) is 23.4. The standard InChI is InChI=1S/C29H36N6O2S/c1-19(28(2,3)4)26(36)34-16-29(17-34)15-33(27(37)25-11-30-18-38-25)13-23(29)24-14-35(32-31-24)12-20-5-7-21(8-6-20)22-9-10-22/h5-8,11,14,18-19,22-23H,9-10,12-13,15-17H2,1-4H3/t19-,23?/m1/s1. The Hall–Kier alpha value is -3.07. The number of benzene rings is 1. The summed E-state index contributed by atoms with van der Waals surface area (Å²) in [6, 6.07) is 8.84. The van der Waals surface area contributed by atoms with E-state index in [0.717, 1.165) is 11.6 Å². The molecule has 0 bridgehead atoms. The molecule has 2 aliphatic heterocycles. The van der Waals surface area contributed by atoms with Crippen LogP contribution < -0.4 is 0 Å². The van der Waals surface area contributed by atoms with Crippen molar-refractivity contribution >= 4 is 23.2 Å². The van der Waals surface area contributed by atoms with Crippen molar-refractivity contribution in [1.29, 1.82) is 0 Å². The largest absolute Gasteiger partial charge is 0.341 e. The molecule has 0 radical (unpaired) electrons. The smallest absolute Gasteiger partial charge is 0.265 e. The van der Waals surface area contributed by atoms with E-state index in [2.05, 4.69) is 60.3 Å². The lowest BCUT2D eigenvalue weighted by atomic mass is 9.69. The van der Waals surface area contributed by atoms with E-state index >= 15 is 0 Å². The Morgan fingerprint density at radius 2 is 1.82 bits per heavy atom. The Labute approximate surface area is 228 Å². The van der Waals surface area contributed by atoms with Crippen LogP contribution in [0.2, 0.25) is 0 Å². The van der Waals surface area contributed by atoms with E-state index in [1.807, 2.05) is 27.6 Å². The molecule has 3 aliphatic rings. The van der Waals surface area contributed by atoms with Gasteiger partial charge in [-0.1, -0.05) is 57.2 Å². The third kappa shape index (κ3) is 4.65. The fourth-order valence-electron chi connectivity index (χ4n) is 5.89. The van der Waals surface area contributed by atoms with Gasteiger partial charge in [0.15, 0.2) is 0 Å². The maximum atomic E-state index is 13.3. The van der Waals surface area contributed by atoms with Gasteiger partial charge in [-0.15, -0.1) is 16.4 Å². The lowest BCUT2D eigenvalue weighted by Gasteiger charge is -2.52. The van der Waals surface area contributed by atoms with E-state index in [9.17, 15) is 9.59 Å². The van der Waals surface area contributed by atoms with Crippen LogP contribution in [-0.4, -0.2) is 67.8 Å². The predicted molar refractivity (Wildman–Crippen MR) is 146 cm³/mol. The van der Waals surface area contributed by atoms with E-state index in [4.69, 9.17) is 0 Å². The zero-order valence-electron chi connectivity index (χ0n) is 22.6. The van der Waals surface area contributed by atoms with Crippen LogP contribution in [0.5, 0.6) is 0 Å². The summed E-state index contributed by atoms with van der Waals surface area (Å²) >= 11 is 1.37. The lowest BCUT2D eigenvalue weighted by molar-refractivity contribution is -0.150. The second kappa shape index (κ2) is 9.29. The maximum absolute atomic E-state index is 13.3. The highest BCUT2D eigenvalue weighted by molar-refractivity contribution is 7.11. The SMILES string of the molecule is C[C@H](C(=O)N1CC2(CN(C(=O)c3cncs3)CC2c2cn(Cc3ccc(C4CC4)cc3)nn2)C1)C(C)(C)C. The van der Waals surface area contributed by atoms with Gasteiger partial charge in [-0.05, 0) is 35.3 Å². The van der Waals surface area contributed by atoms with Crippen LogP contribution in [0.3, 0.4) is 0 Å². The number of carbonyl (C=O) groups excluding carboxylic acids is 2. The summed E-state index contributed by atoms with van der Waals surface area (Å²) in [5.74, 6) is 0.899. The fraction of sp³-hybridized carbons (Fsp3) is 0.552. The minimum absolute atomic E-state index is 0.00496. The molecule has 1 aliphatic carbocycles. The Morgan fingerprint density at radius 3 is 2.45 bits per heavy atom. The Kier molecular flexibility index (Phi) is 6.17. The first-order valence-corrected chi connectivity index (χ1v) is 14.5. The Morgan fingerprint density at radius 1 is 1.11 bits per heavy atom. The molecule has 3 fully saturated rings. The molecule has 9 heteroatoms. The molecular formula is C29H36N6O2S. The third-order valence-electron chi connectivity index (χ3n) is 8.86. The van der Waals surface area contributed by atoms with Gasteiger partial charge < -0.3 is 9.80 Å². The van der Waals surface area contributed by atoms with Crippen molar-refractivity contribution in [3.05, 3.63) is 63.9 Å². The molecule has 0 N–H and O–H groups in total. The number of hydrogen-bond acceptors (Lipinski definition) is 6. The predicted octanol–water partition coefficient (Wildman–Crippen LogP) is 4.41. The second-order valence-corrected chi connectivity index (χ2v) is 13.5. The van der Waals surface area contributed by atoms with Crippen molar-refractivity contribution in [2.75, 3.05) is 26.2 Å². The number of aromatic nitrogens is 4. The molecule has 2 saturated heterocycles. The summed E-state index contributed by atoms with van der Waals surface area (Å²) in [7, 11) is 0. The summed E-state index contributed by atoms with van der Waals surface area (Å²) in [4.78, 5) is 35.1. The summed E-state index contributed by atoms with van der Waals surface area (Å²) in [5.41, 5.74) is 4.91. The maximum Gasteiger partial charge on any atom is 0.265 e. The van der Waals surface area contributed by atoms with Crippen LogP contribution in [0.15, 0.2) is 42.2 Å². The third-order valence-corrected chi connectivity index (χ3v) is 9.62. The molecule has 1 unspecified atom stereocenters. The number of carbonyl (C=O) groups is 2. The van der Waals surface area contributed by atoms with Crippen molar-refractivity contribution in [3.63, 3.8) is 0 Å². The molecule has 38 heavy (non-hydrogen) atoms. The molecule has 1 spiro atoms. The zero-order chi connectivity index (χ0) is 26.7. The number of likely N-dealkylation sites (tertiary alicyclic amines) is 2. The fourth-order valence-corrected chi connectivity index (χ4v) is 6.48. The van der Waals surface area contributed by atoms with Crippen LogP contribution in [0.1, 0.15) is 78.9 Å². The van der Waals surface area contributed by atoms with Crippen LogP contribution in [0.25, 0.3) is 0 Å². The van der Waals surface area contributed by atoms with Gasteiger partial charge >= 0.3 is 0 Å². The molecule has 6 rings (SSSR count). The highest BCUT2D eigenvalue weighted by atomic mass is 32.1. The summed E-state index contributed by atoms with van der Waals surface area (Å²) in [6.45, 7) is 11.5. The lowest BCUT2D eigenvalue weighted by Crippen LogP contribution is -2.63. The van der Waals surface area contributed by atoms with E-state index in [1.165, 1.54) is 35.3 Å². The molecule has 1 saturated carbocycles. The first-order valence-electron chi connectivity index (χ1n) is 13.6. The van der Waals surface area contributed by atoms with Crippen molar-refractivity contribution < 1.29 is 9.59 Å². The van der Waals surface area contributed by atoms with Crippen molar-refractivity contribution in [3.8, 4) is 0 Å². The van der Waals surface area contributed by atoms with Crippen molar-refractivity contribution in [1.82, 2.24) is 29.8 Å². The van der Waals surface area contributed by atoms with Gasteiger partial charge in [0.1, 0.15) is 4.88 Å². The molecular weight excluding hydrogens is 496 g/mol. The highest BCUT2D eigenvalue weighted by Gasteiger charge is 2.58. The Balaban J connectivity index is 1.21. The van der Waals surface area contributed by atoms with Gasteiger partial charge in [0.2, 0.25) is 5.91 Å². The highest BCUT2D eigenvalue weighted by Crippen LogP contribution is 2.50. The quantitative estimate of drug-likeness (QED) is 0.470. The van der Waals surface area contributed by atoms with Crippen LogP contribution in [0.4, 0.5) is 0 Å². The Bertz CT molecular complexity index is 1320. The first-order chi connectivity index (χ1) is 18.1. The molecule has 2 amide bonds. The summed E-state index contributed by atoms with van der Waals surface area (Å²) in [5, 5.41) is 9.05. The molecule has 8 nitrogen and oxygen atoms in total. The average molecular weight is 533 g/mol. The van der Waals surface area contributed by atoms with Gasteiger partial charge in [-0.2, -0.15) is 0 Å². The minimum Gasteiger partial charge on any atom is -0.341 e. The molecule has 2 aromatic heterocycles. The van der Waals surface area contributed by atoms with Gasteiger partial charge in [0.25, 0.3) is 5.91 Å². The molecule has 1 aromatic carbocycles. The topological polar surface area (TPSA) is 84.2 Å². The monoisotopic (exact) mass is 532 g/mol. The van der Waals surface area contributed by atoms with E-state index in [1.54, 1.807) is 11.7 Å². The molecule has 4 heterocycles. The van der Waals surface area contributed by atoms with Crippen LogP contribution in [-0.2, 0) is 11.3 Å². The average Bonchev–Trinajstić information content (AvgIpc) is 3.23. The molecule has 200 valence electrons. The molecule has 3 aromatic rings. The van der Waals surface area contributed by atoms with E-state index < -0.39 is 0 Å². The number of amides is 2. The van der Waals surface area contributed by atoms with Crippen molar-refractivity contribution in [2.24, 2.45) is 16.7 Å². The number of hydrogen-bond donors (Lipinski definition) is 0. The van der Waals surface area contributed by atoms with E-state index in [0.29, 0.717) is 37.6 Å². The van der Waals surface area contributed by atoms with Gasteiger partial charge in [0.05, 0.1) is 23.9 Å². The van der Waals surface area contributed by atoms with Crippen molar-refractivity contribution in [2.45, 2.75) is 58.9 Å². The number of nitrogens with zero attached hydrogens (tertiary/aromatic N) is 6. The molecule has 2 atom stereocenters. The second-order valence-electron chi connectivity index (χ2n) is 12.6. The summed E-state index contributed by atoms with van der Waals surface area (Å²) < 4.78 is 1.89. The normalized spacial score (nSPS) is 21.5. The van der Waals surface area contributed by atoms with Crippen LogP contribution in [0, 0.1) is 16.7 Å². The minimum atomic E-state index is -0.208. The van der Waals surface area contributed by atoms with Gasteiger partial charge in [0, 0.05) is 49.6 Å². The van der Waals surface area contributed by atoms with E-state index in [-0.39, 0.29) is 34.5 Å². The summed E-state index contributed by atoms with van der Waals surface area (Å²) in [6.07, 6.45) is 6.27. The van der Waals surface area contributed by atoms with Gasteiger partial charge in [-0.3, -0.25) is 14.6 Å². The number of thiazole rings is 1. The van der Waals surface area contributed by atoms with Gasteiger partial charge in [-0.25, -0.2) is 4.68 Å². The van der Waals surface area contributed by atoms with Crippen LogP contribution >= 0.6 is 11.3 Å². The first kappa shape index (κ1) is 25.2.